The second kappa shape index (κ2) is 7.60. The molecule has 1 aliphatic rings. The first-order valence-electron chi connectivity index (χ1n) is 7.78. The lowest BCUT2D eigenvalue weighted by Gasteiger charge is -2.22. The Kier molecular flexibility index (Phi) is 5.79. The monoisotopic (exact) mass is 309 g/mol. The Morgan fingerprint density at radius 2 is 2.36 bits per heavy atom. The van der Waals surface area contributed by atoms with Crippen LogP contribution in [0.3, 0.4) is 0 Å². The Hall–Kier alpha value is -1.60. The van der Waals surface area contributed by atoms with Crippen LogP contribution in [0.2, 0.25) is 0 Å². The number of aryl methyl sites for hydroxylation is 1. The van der Waals surface area contributed by atoms with Crippen LogP contribution in [0.4, 0.5) is 4.79 Å². The van der Waals surface area contributed by atoms with E-state index in [0.717, 1.165) is 25.2 Å². The average molecular weight is 309 g/mol. The highest BCUT2D eigenvalue weighted by Crippen LogP contribution is 2.27. The fraction of sp³-hybridized carbons (Fsp3) is 0.733. The summed E-state index contributed by atoms with van der Waals surface area (Å²) in [6, 6.07) is -0.0422. The maximum atomic E-state index is 12.1. The van der Waals surface area contributed by atoms with Crippen molar-refractivity contribution in [2.75, 3.05) is 27.2 Å². The fourth-order valence-electron chi connectivity index (χ4n) is 2.60. The van der Waals surface area contributed by atoms with Crippen molar-refractivity contribution in [3.63, 3.8) is 0 Å². The zero-order valence-electron chi connectivity index (χ0n) is 13.9. The Morgan fingerprint density at radius 3 is 3.00 bits per heavy atom. The molecule has 1 fully saturated rings. The van der Waals surface area contributed by atoms with Crippen LogP contribution in [0.5, 0.6) is 0 Å². The molecule has 0 aromatic carbocycles. The van der Waals surface area contributed by atoms with Crippen LogP contribution in [-0.4, -0.2) is 59.8 Å². The summed E-state index contributed by atoms with van der Waals surface area (Å²) in [6.45, 7) is 3.60. The van der Waals surface area contributed by atoms with E-state index >= 15 is 0 Å². The van der Waals surface area contributed by atoms with Gasteiger partial charge in [-0.2, -0.15) is 0 Å². The molecule has 1 saturated heterocycles. The van der Waals surface area contributed by atoms with Crippen molar-refractivity contribution in [1.29, 1.82) is 0 Å². The van der Waals surface area contributed by atoms with Gasteiger partial charge in [-0.1, -0.05) is 0 Å². The van der Waals surface area contributed by atoms with Crippen molar-refractivity contribution >= 4 is 6.03 Å². The van der Waals surface area contributed by atoms with Gasteiger partial charge in [-0.15, -0.1) is 0 Å². The summed E-state index contributed by atoms with van der Waals surface area (Å²) in [4.78, 5) is 18.6. The molecule has 1 aromatic heterocycles. The van der Waals surface area contributed by atoms with Gasteiger partial charge in [0.05, 0.1) is 6.04 Å². The van der Waals surface area contributed by atoms with Crippen molar-refractivity contribution < 1.29 is 9.53 Å². The SMILES string of the molecule is C[C@@H](CCN(C)C)NC(=O)N[C@H]1CCO[C@@H]1c1nccn1C. The summed E-state index contributed by atoms with van der Waals surface area (Å²) in [5, 5.41) is 6.00. The third-order valence-electron chi connectivity index (χ3n) is 3.91. The number of hydrogen-bond donors (Lipinski definition) is 2. The molecule has 0 spiro atoms. The number of carbonyl (C=O) groups is 1. The van der Waals surface area contributed by atoms with Gasteiger partial charge in [-0.25, -0.2) is 9.78 Å². The molecule has 0 saturated carbocycles. The van der Waals surface area contributed by atoms with Crippen LogP contribution in [0.25, 0.3) is 0 Å². The number of hydrogen-bond acceptors (Lipinski definition) is 4. The van der Waals surface area contributed by atoms with Gasteiger partial charge < -0.3 is 24.8 Å². The van der Waals surface area contributed by atoms with E-state index in [4.69, 9.17) is 4.74 Å². The lowest BCUT2D eigenvalue weighted by molar-refractivity contribution is 0.0907. The number of urea groups is 1. The quantitative estimate of drug-likeness (QED) is 0.819. The highest BCUT2D eigenvalue weighted by atomic mass is 16.5. The van der Waals surface area contributed by atoms with Crippen LogP contribution in [-0.2, 0) is 11.8 Å². The standard InChI is InChI=1S/C15H27N5O2/c1-11(5-8-19(2)3)17-15(21)18-12-6-10-22-13(12)14-16-7-9-20(14)4/h7,9,11-13H,5-6,8,10H2,1-4H3,(H2,17,18,21)/t11-,12-,13-/m0/s1. The van der Waals surface area contributed by atoms with E-state index in [0.29, 0.717) is 6.61 Å². The molecule has 7 heteroatoms. The van der Waals surface area contributed by atoms with Crippen molar-refractivity contribution in [3.05, 3.63) is 18.2 Å². The summed E-state index contributed by atoms with van der Waals surface area (Å²) in [6.07, 6.45) is 5.18. The van der Waals surface area contributed by atoms with Crippen molar-refractivity contribution in [2.45, 2.75) is 38.0 Å². The minimum Gasteiger partial charge on any atom is -0.368 e. The third-order valence-corrected chi connectivity index (χ3v) is 3.91. The number of nitrogens with one attached hydrogen (secondary N) is 2. The second-order valence-corrected chi connectivity index (χ2v) is 6.19. The maximum absolute atomic E-state index is 12.1. The first-order valence-corrected chi connectivity index (χ1v) is 7.78. The molecule has 3 atom stereocenters. The van der Waals surface area contributed by atoms with E-state index in [-0.39, 0.29) is 24.2 Å². The largest absolute Gasteiger partial charge is 0.368 e. The van der Waals surface area contributed by atoms with Crippen LogP contribution < -0.4 is 10.6 Å². The van der Waals surface area contributed by atoms with Crippen LogP contribution in [0, 0.1) is 0 Å². The zero-order valence-corrected chi connectivity index (χ0v) is 13.9. The van der Waals surface area contributed by atoms with E-state index in [1.54, 1.807) is 6.20 Å². The first kappa shape index (κ1) is 16.8. The smallest absolute Gasteiger partial charge is 0.315 e. The van der Waals surface area contributed by atoms with Gasteiger partial charge in [-0.05, 0) is 40.4 Å². The predicted molar refractivity (Wildman–Crippen MR) is 84.6 cm³/mol. The molecule has 7 nitrogen and oxygen atoms in total. The van der Waals surface area contributed by atoms with Gasteiger partial charge in [-0.3, -0.25) is 0 Å². The summed E-state index contributed by atoms with van der Waals surface area (Å²) in [7, 11) is 5.99. The highest BCUT2D eigenvalue weighted by Gasteiger charge is 2.33. The number of ether oxygens (including phenoxy) is 1. The molecular weight excluding hydrogens is 282 g/mol. The number of rotatable bonds is 6. The van der Waals surface area contributed by atoms with Gasteiger partial charge >= 0.3 is 6.03 Å². The van der Waals surface area contributed by atoms with E-state index in [1.165, 1.54) is 0 Å². The molecule has 22 heavy (non-hydrogen) atoms. The Labute approximate surface area is 132 Å². The number of nitrogens with zero attached hydrogens (tertiary/aromatic N) is 3. The molecule has 0 aliphatic carbocycles. The van der Waals surface area contributed by atoms with E-state index in [1.807, 2.05) is 38.8 Å². The number of aromatic nitrogens is 2. The van der Waals surface area contributed by atoms with E-state index in [2.05, 4.69) is 20.5 Å². The third kappa shape index (κ3) is 4.45. The van der Waals surface area contributed by atoms with E-state index < -0.39 is 0 Å². The molecule has 0 bridgehead atoms. The Bertz CT molecular complexity index is 488. The minimum atomic E-state index is -0.178. The van der Waals surface area contributed by atoms with E-state index in [9.17, 15) is 4.79 Å². The Morgan fingerprint density at radius 1 is 1.59 bits per heavy atom. The minimum absolute atomic E-state index is 0.0397. The number of imidazole rings is 1. The molecule has 2 N–H and O–H groups in total. The lowest BCUT2D eigenvalue weighted by atomic mass is 10.1. The molecule has 0 radical (unpaired) electrons. The Balaban J connectivity index is 1.84. The van der Waals surface area contributed by atoms with Crippen LogP contribution in [0.1, 0.15) is 31.7 Å². The molecule has 2 amide bonds. The topological polar surface area (TPSA) is 71.4 Å². The van der Waals surface area contributed by atoms with Crippen LogP contribution in [0.15, 0.2) is 12.4 Å². The fourth-order valence-corrected chi connectivity index (χ4v) is 2.60. The van der Waals surface area contributed by atoms with Gasteiger partial charge in [0, 0.05) is 32.1 Å². The normalized spacial score (nSPS) is 22.8. The summed E-state index contributed by atoms with van der Waals surface area (Å²) in [5.41, 5.74) is 0. The van der Waals surface area contributed by atoms with Gasteiger partial charge in [0.1, 0.15) is 11.9 Å². The molecular formula is C15H27N5O2. The molecule has 2 rings (SSSR count). The summed E-state index contributed by atoms with van der Waals surface area (Å²) < 4.78 is 7.68. The first-order chi connectivity index (χ1) is 10.5. The molecule has 0 unspecified atom stereocenters. The van der Waals surface area contributed by atoms with Gasteiger partial charge in [0.25, 0.3) is 0 Å². The van der Waals surface area contributed by atoms with Gasteiger partial charge in [0.2, 0.25) is 0 Å². The summed E-state index contributed by atoms with van der Waals surface area (Å²) in [5.74, 6) is 0.850. The summed E-state index contributed by atoms with van der Waals surface area (Å²) >= 11 is 0. The maximum Gasteiger partial charge on any atom is 0.315 e. The average Bonchev–Trinajstić information content (AvgIpc) is 3.05. The lowest BCUT2D eigenvalue weighted by Crippen LogP contribution is -2.47. The molecule has 124 valence electrons. The van der Waals surface area contributed by atoms with Crippen molar-refractivity contribution in [3.8, 4) is 0 Å². The van der Waals surface area contributed by atoms with Crippen LogP contribution >= 0.6 is 0 Å². The zero-order chi connectivity index (χ0) is 16.1. The second-order valence-electron chi connectivity index (χ2n) is 6.19. The predicted octanol–water partition coefficient (Wildman–Crippen LogP) is 0.890. The number of carbonyl (C=O) groups excluding carboxylic acids is 1. The highest BCUT2D eigenvalue weighted by molar-refractivity contribution is 5.74. The molecule has 1 aromatic rings. The molecule has 2 heterocycles. The van der Waals surface area contributed by atoms with Crippen molar-refractivity contribution in [1.82, 2.24) is 25.1 Å². The molecule has 1 aliphatic heterocycles. The van der Waals surface area contributed by atoms with Crippen molar-refractivity contribution in [2.24, 2.45) is 7.05 Å². The van der Waals surface area contributed by atoms with Gasteiger partial charge in [0.15, 0.2) is 0 Å². The number of amides is 2.